The first-order valence-corrected chi connectivity index (χ1v) is 15.5. The van der Waals surface area contributed by atoms with E-state index >= 15 is 0 Å². The van der Waals surface area contributed by atoms with Crippen molar-refractivity contribution >= 4 is 29.7 Å². The van der Waals surface area contributed by atoms with Crippen LogP contribution in [0.25, 0.3) is 0 Å². The molecule has 0 aromatic heterocycles. The molecule has 0 aliphatic rings. The van der Waals surface area contributed by atoms with Gasteiger partial charge in [-0.1, -0.05) is 69.4 Å². The van der Waals surface area contributed by atoms with Gasteiger partial charge < -0.3 is 20.3 Å². The van der Waals surface area contributed by atoms with Crippen LogP contribution >= 0.6 is 11.8 Å². The van der Waals surface area contributed by atoms with Gasteiger partial charge in [0.2, 0.25) is 11.8 Å². The standard InChI is InChI=1S/C30H51N3O4S/c1-9-11-12-13-19-33(28(35)25(18-20-38-8)32-29(36)37-30(5,6)7)26(24-17-14-16-22(3)21-24)27(34)31-23(4)15-10-2/h14,16-17,21,23,25-26H,9-13,15,18-20H2,1-8H3,(H,31,34)(H,32,36). The Morgan fingerprint density at radius 1 is 1.03 bits per heavy atom. The number of nitrogens with zero attached hydrogens (tertiary/aromatic N) is 1. The summed E-state index contributed by atoms with van der Waals surface area (Å²) in [6, 6.07) is 6.19. The van der Waals surface area contributed by atoms with Gasteiger partial charge in [-0.15, -0.1) is 0 Å². The van der Waals surface area contributed by atoms with Crippen LogP contribution in [0.1, 0.15) is 104 Å². The van der Waals surface area contributed by atoms with Gasteiger partial charge in [0.15, 0.2) is 0 Å². The Labute approximate surface area is 235 Å². The molecule has 0 radical (unpaired) electrons. The lowest BCUT2D eigenvalue weighted by atomic mass is 9.99. The van der Waals surface area contributed by atoms with E-state index < -0.39 is 23.8 Å². The van der Waals surface area contributed by atoms with Crippen LogP contribution in [0, 0.1) is 6.92 Å². The molecule has 0 aliphatic carbocycles. The Hall–Kier alpha value is -2.22. The lowest BCUT2D eigenvalue weighted by Crippen LogP contribution is -2.54. The van der Waals surface area contributed by atoms with Gasteiger partial charge in [0, 0.05) is 12.6 Å². The number of rotatable bonds is 16. The summed E-state index contributed by atoms with van der Waals surface area (Å²) in [5.74, 6) is 0.234. The molecule has 216 valence electrons. The van der Waals surface area contributed by atoms with Crippen LogP contribution in [0.15, 0.2) is 24.3 Å². The summed E-state index contributed by atoms with van der Waals surface area (Å²) in [5.41, 5.74) is 1.11. The minimum atomic E-state index is -0.795. The smallest absolute Gasteiger partial charge is 0.408 e. The maximum absolute atomic E-state index is 14.2. The predicted octanol–water partition coefficient (Wildman–Crippen LogP) is 6.40. The fourth-order valence-corrected chi connectivity index (χ4v) is 4.83. The molecular formula is C30H51N3O4S. The minimum absolute atomic E-state index is 0.0102. The number of hydrogen-bond acceptors (Lipinski definition) is 5. The largest absolute Gasteiger partial charge is 0.444 e. The molecule has 2 N–H and O–H groups in total. The Kier molecular flexibility index (Phi) is 15.5. The third-order valence-electron chi connectivity index (χ3n) is 6.16. The number of benzene rings is 1. The number of alkyl carbamates (subject to hydrolysis) is 1. The molecule has 0 heterocycles. The van der Waals surface area contributed by atoms with Crippen LogP contribution in [-0.4, -0.2) is 59.0 Å². The van der Waals surface area contributed by atoms with Crippen molar-refractivity contribution in [3.63, 3.8) is 0 Å². The van der Waals surface area contributed by atoms with E-state index in [-0.39, 0.29) is 17.9 Å². The SMILES string of the molecule is CCCCCCN(C(=O)C(CCSC)NC(=O)OC(C)(C)C)C(C(=O)NC(C)CCC)c1cccc(C)c1. The van der Waals surface area contributed by atoms with Gasteiger partial charge in [0.05, 0.1) is 0 Å². The highest BCUT2D eigenvalue weighted by molar-refractivity contribution is 7.98. The number of thioether (sulfide) groups is 1. The van der Waals surface area contributed by atoms with Crippen molar-refractivity contribution in [1.29, 1.82) is 0 Å². The highest BCUT2D eigenvalue weighted by Gasteiger charge is 2.36. The van der Waals surface area contributed by atoms with Gasteiger partial charge in [-0.05, 0) is 71.5 Å². The maximum Gasteiger partial charge on any atom is 0.408 e. The number of carbonyl (C=O) groups is 3. The van der Waals surface area contributed by atoms with Crippen LogP contribution < -0.4 is 10.6 Å². The normalized spacial score (nSPS) is 13.8. The van der Waals surface area contributed by atoms with Crippen molar-refractivity contribution in [3.8, 4) is 0 Å². The zero-order chi connectivity index (χ0) is 28.7. The van der Waals surface area contributed by atoms with Gasteiger partial charge in [-0.25, -0.2) is 4.79 Å². The summed E-state index contributed by atoms with van der Waals surface area (Å²) in [4.78, 5) is 42.4. The second kappa shape index (κ2) is 17.4. The van der Waals surface area contributed by atoms with E-state index in [4.69, 9.17) is 4.74 Å². The fourth-order valence-electron chi connectivity index (χ4n) is 4.36. The zero-order valence-corrected chi connectivity index (χ0v) is 25.7. The molecule has 1 aromatic rings. The van der Waals surface area contributed by atoms with E-state index in [9.17, 15) is 14.4 Å². The Bertz CT molecular complexity index is 871. The van der Waals surface area contributed by atoms with Crippen molar-refractivity contribution in [2.45, 2.75) is 117 Å². The summed E-state index contributed by atoms with van der Waals surface area (Å²) in [5, 5.41) is 5.95. The first kappa shape index (κ1) is 33.8. The molecule has 38 heavy (non-hydrogen) atoms. The van der Waals surface area contributed by atoms with E-state index in [0.717, 1.165) is 49.7 Å². The first-order valence-electron chi connectivity index (χ1n) is 14.1. The third-order valence-corrected chi connectivity index (χ3v) is 6.81. The summed E-state index contributed by atoms with van der Waals surface area (Å²) in [6.07, 6.45) is 7.46. The van der Waals surface area contributed by atoms with Crippen molar-refractivity contribution < 1.29 is 19.1 Å². The highest BCUT2D eigenvalue weighted by Crippen LogP contribution is 2.25. The number of amides is 3. The second-order valence-electron chi connectivity index (χ2n) is 11.1. The Balaban J connectivity index is 3.46. The summed E-state index contributed by atoms with van der Waals surface area (Å²) in [7, 11) is 0. The number of hydrogen-bond donors (Lipinski definition) is 2. The number of aryl methyl sites for hydroxylation is 1. The average molecular weight is 550 g/mol. The van der Waals surface area contributed by atoms with Gasteiger partial charge >= 0.3 is 6.09 Å². The van der Waals surface area contributed by atoms with Gasteiger partial charge in [0.25, 0.3) is 0 Å². The van der Waals surface area contributed by atoms with Crippen molar-refractivity contribution in [2.24, 2.45) is 0 Å². The minimum Gasteiger partial charge on any atom is -0.444 e. The van der Waals surface area contributed by atoms with Gasteiger partial charge in [-0.2, -0.15) is 11.8 Å². The first-order chi connectivity index (χ1) is 17.9. The van der Waals surface area contributed by atoms with Crippen LogP contribution in [-0.2, 0) is 14.3 Å². The number of carbonyl (C=O) groups excluding carboxylic acids is 3. The highest BCUT2D eigenvalue weighted by atomic mass is 32.2. The molecule has 0 saturated carbocycles. The van der Waals surface area contributed by atoms with Crippen molar-refractivity contribution in [3.05, 3.63) is 35.4 Å². The molecule has 3 amide bonds. The topological polar surface area (TPSA) is 87.7 Å². The van der Waals surface area contributed by atoms with E-state index in [1.165, 1.54) is 0 Å². The molecule has 1 rings (SSSR count). The fraction of sp³-hybridized carbons (Fsp3) is 0.700. The lowest BCUT2D eigenvalue weighted by Gasteiger charge is -2.35. The maximum atomic E-state index is 14.2. The summed E-state index contributed by atoms with van der Waals surface area (Å²) in [6.45, 7) is 14.0. The lowest BCUT2D eigenvalue weighted by molar-refractivity contribution is -0.143. The molecule has 1 aromatic carbocycles. The van der Waals surface area contributed by atoms with E-state index in [1.54, 1.807) is 37.4 Å². The molecule has 0 spiro atoms. The number of unbranched alkanes of at least 4 members (excludes halogenated alkanes) is 3. The molecule has 0 aliphatic heterocycles. The average Bonchev–Trinajstić information content (AvgIpc) is 2.82. The summed E-state index contributed by atoms with van der Waals surface area (Å²) >= 11 is 1.61. The number of nitrogens with one attached hydrogen (secondary N) is 2. The van der Waals surface area contributed by atoms with E-state index in [2.05, 4.69) is 24.5 Å². The van der Waals surface area contributed by atoms with Crippen LogP contribution in [0.4, 0.5) is 4.79 Å². The third kappa shape index (κ3) is 12.5. The molecule has 7 nitrogen and oxygen atoms in total. The molecule has 3 unspecified atom stereocenters. The quantitative estimate of drug-likeness (QED) is 0.233. The molecule has 0 fully saturated rings. The van der Waals surface area contributed by atoms with Crippen LogP contribution in [0.5, 0.6) is 0 Å². The Morgan fingerprint density at radius 3 is 2.32 bits per heavy atom. The Morgan fingerprint density at radius 2 is 1.74 bits per heavy atom. The monoisotopic (exact) mass is 549 g/mol. The van der Waals surface area contributed by atoms with E-state index in [1.807, 2.05) is 44.4 Å². The summed E-state index contributed by atoms with van der Waals surface area (Å²) < 4.78 is 5.47. The van der Waals surface area contributed by atoms with Crippen LogP contribution in [0.3, 0.4) is 0 Å². The second-order valence-corrected chi connectivity index (χ2v) is 12.1. The van der Waals surface area contributed by atoms with Crippen LogP contribution in [0.2, 0.25) is 0 Å². The van der Waals surface area contributed by atoms with Gasteiger partial charge in [0.1, 0.15) is 17.7 Å². The molecule has 3 atom stereocenters. The van der Waals surface area contributed by atoms with Gasteiger partial charge in [-0.3, -0.25) is 9.59 Å². The predicted molar refractivity (Wildman–Crippen MR) is 158 cm³/mol. The molecule has 8 heteroatoms. The molecule has 0 saturated heterocycles. The number of ether oxygens (including phenoxy) is 1. The zero-order valence-electron chi connectivity index (χ0n) is 24.9. The van der Waals surface area contributed by atoms with Crippen molar-refractivity contribution in [2.75, 3.05) is 18.6 Å². The van der Waals surface area contributed by atoms with Crippen molar-refractivity contribution in [1.82, 2.24) is 15.5 Å². The molecular weight excluding hydrogens is 498 g/mol. The molecule has 0 bridgehead atoms. The van der Waals surface area contributed by atoms with E-state index in [0.29, 0.717) is 18.7 Å².